The van der Waals surface area contributed by atoms with Crippen molar-refractivity contribution in [3.63, 3.8) is 0 Å². The standard InChI is InChI=1S/C18H13ClN2/c1-12-2-4-14(5-3-12)18-16(10-20)17(11-21-18)13-6-8-15(19)9-7-13/h2-9,11,21H,1H3. The Morgan fingerprint density at radius 3 is 2.19 bits per heavy atom. The number of benzene rings is 2. The maximum atomic E-state index is 9.52. The van der Waals surface area contributed by atoms with Crippen LogP contribution in [-0.2, 0) is 0 Å². The predicted molar refractivity (Wildman–Crippen MR) is 86.1 cm³/mol. The van der Waals surface area contributed by atoms with Crippen LogP contribution >= 0.6 is 11.6 Å². The molecule has 3 rings (SSSR count). The van der Waals surface area contributed by atoms with Crippen LogP contribution < -0.4 is 0 Å². The number of hydrogen-bond acceptors (Lipinski definition) is 1. The Morgan fingerprint density at radius 1 is 0.952 bits per heavy atom. The molecule has 0 aliphatic rings. The fourth-order valence-corrected chi connectivity index (χ4v) is 2.47. The molecule has 3 heteroatoms. The highest BCUT2D eigenvalue weighted by atomic mass is 35.5. The van der Waals surface area contributed by atoms with E-state index in [9.17, 15) is 5.26 Å². The molecule has 0 atom stereocenters. The number of nitrogens with one attached hydrogen (secondary N) is 1. The first-order valence-corrected chi connectivity index (χ1v) is 7.01. The Balaban J connectivity index is 2.11. The molecule has 0 bridgehead atoms. The quantitative estimate of drug-likeness (QED) is 0.694. The monoisotopic (exact) mass is 292 g/mol. The second kappa shape index (κ2) is 5.47. The first-order valence-electron chi connectivity index (χ1n) is 6.63. The van der Waals surface area contributed by atoms with E-state index in [-0.39, 0.29) is 0 Å². The molecule has 0 radical (unpaired) electrons. The van der Waals surface area contributed by atoms with E-state index in [2.05, 4.69) is 11.1 Å². The van der Waals surface area contributed by atoms with Gasteiger partial charge in [-0.25, -0.2) is 0 Å². The normalized spacial score (nSPS) is 10.3. The molecule has 0 aliphatic carbocycles. The zero-order valence-electron chi connectivity index (χ0n) is 11.5. The Morgan fingerprint density at radius 2 is 1.57 bits per heavy atom. The number of halogens is 1. The third kappa shape index (κ3) is 2.56. The van der Waals surface area contributed by atoms with Crippen LogP contribution in [0.5, 0.6) is 0 Å². The molecule has 0 aliphatic heterocycles. The molecule has 2 aromatic carbocycles. The molecule has 1 N–H and O–H groups in total. The van der Waals surface area contributed by atoms with Crippen molar-refractivity contribution in [2.75, 3.05) is 0 Å². The summed E-state index contributed by atoms with van der Waals surface area (Å²) >= 11 is 5.92. The second-order valence-electron chi connectivity index (χ2n) is 4.94. The van der Waals surface area contributed by atoms with Gasteiger partial charge in [-0.2, -0.15) is 5.26 Å². The van der Waals surface area contributed by atoms with Gasteiger partial charge in [0.2, 0.25) is 0 Å². The van der Waals surface area contributed by atoms with Gasteiger partial charge in [-0.1, -0.05) is 53.6 Å². The fraction of sp³-hybridized carbons (Fsp3) is 0.0556. The second-order valence-corrected chi connectivity index (χ2v) is 5.37. The van der Waals surface area contributed by atoms with E-state index >= 15 is 0 Å². The summed E-state index contributed by atoms with van der Waals surface area (Å²) in [5.74, 6) is 0. The minimum atomic E-state index is 0.654. The van der Waals surface area contributed by atoms with E-state index in [1.165, 1.54) is 5.56 Å². The molecule has 0 saturated heterocycles. The van der Waals surface area contributed by atoms with Gasteiger partial charge < -0.3 is 4.98 Å². The number of nitrogens with zero attached hydrogens (tertiary/aromatic N) is 1. The molecule has 0 unspecified atom stereocenters. The average Bonchev–Trinajstić information content (AvgIpc) is 2.92. The van der Waals surface area contributed by atoms with Crippen molar-refractivity contribution in [3.05, 3.63) is 70.9 Å². The van der Waals surface area contributed by atoms with Gasteiger partial charge >= 0.3 is 0 Å². The van der Waals surface area contributed by atoms with Gasteiger partial charge in [0.25, 0.3) is 0 Å². The summed E-state index contributed by atoms with van der Waals surface area (Å²) in [6.07, 6.45) is 1.87. The number of rotatable bonds is 2. The number of nitriles is 1. The lowest BCUT2D eigenvalue weighted by molar-refractivity contribution is 1.38. The summed E-state index contributed by atoms with van der Waals surface area (Å²) in [5, 5.41) is 10.2. The van der Waals surface area contributed by atoms with E-state index in [0.717, 1.165) is 22.4 Å². The number of H-pyrrole nitrogens is 1. The molecule has 2 nitrogen and oxygen atoms in total. The van der Waals surface area contributed by atoms with Gasteiger partial charge in [0.15, 0.2) is 0 Å². The van der Waals surface area contributed by atoms with Crippen molar-refractivity contribution in [1.29, 1.82) is 5.26 Å². The third-order valence-corrected chi connectivity index (χ3v) is 3.74. The number of aryl methyl sites for hydroxylation is 1. The van der Waals surface area contributed by atoms with Crippen LogP contribution in [-0.4, -0.2) is 4.98 Å². The SMILES string of the molecule is Cc1ccc(-c2[nH]cc(-c3ccc(Cl)cc3)c2C#N)cc1. The molecule has 0 spiro atoms. The largest absolute Gasteiger partial charge is 0.359 e. The molecule has 3 aromatic rings. The Hall–Kier alpha value is -2.50. The Bertz CT molecular complexity index is 743. The Labute approximate surface area is 128 Å². The van der Waals surface area contributed by atoms with Crippen molar-refractivity contribution in [2.45, 2.75) is 6.92 Å². The molecule has 0 amide bonds. The highest BCUT2D eigenvalue weighted by Crippen LogP contribution is 2.32. The molecule has 1 aromatic heterocycles. The van der Waals surface area contributed by atoms with Gasteiger partial charge in [-0.15, -0.1) is 0 Å². The van der Waals surface area contributed by atoms with Gasteiger partial charge in [-0.05, 0) is 30.2 Å². The third-order valence-electron chi connectivity index (χ3n) is 3.49. The van der Waals surface area contributed by atoms with Crippen LogP contribution in [0.3, 0.4) is 0 Å². The zero-order valence-corrected chi connectivity index (χ0v) is 12.3. The van der Waals surface area contributed by atoms with Gasteiger partial charge in [-0.3, -0.25) is 0 Å². The smallest absolute Gasteiger partial charge is 0.102 e. The summed E-state index contributed by atoms with van der Waals surface area (Å²) < 4.78 is 0. The van der Waals surface area contributed by atoms with Crippen LogP contribution in [0.25, 0.3) is 22.4 Å². The summed E-state index contributed by atoms with van der Waals surface area (Å²) in [6.45, 7) is 2.04. The van der Waals surface area contributed by atoms with Crippen molar-refractivity contribution < 1.29 is 0 Å². The summed E-state index contributed by atoms with van der Waals surface area (Å²) in [5.41, 5.74) is 5.58. The van der Waals surface area contributed by atoms with Crippen LogP contribution in [0.1, 0.15) is 11.1 Å². The zero-order chi connectivity index (χ0) is 14.8. The fourth-order valence-electron chi connectivity index (χ4n) is 2.34. The maximum absolute atomic E-state index is 9.52. The van der Waals surface area contributed by atoms with Crippen LogP contribution in [0.2, 0.25) is 5.02 Å². The number of hydrogen-bond donors (Lipinski definition) is 1. The number of aromatic amines is 1. The molecular formula is C18H13ClN2. The van der Waals surface area contributed by atoms with E-state index in [1.807, 2.05) is 61.7 Å². The summed E-state index contributed by atoms with van der Waals surface area (Å²) in [7, 11) is 0. The van der Waals surface area contributed by atoms with E-state index in [1.54, 1.807) is 0 Å². The van der Waals surface area contributed by atoms with Crippen molar-refractivity contribution in [3.8, 4) is 28.5 Å². The van der Waals surface area contributed by atoms with E-state index in [4.69, 9.17) is 11.6 Å². The molecular weight excluding hydrogens is 280 g/mol. The van der Waals surface area contributed by atoms with Crippen LogP contribution in [0.15, 0.2) is 54.7 Å². The van der Waals surface area contributed by atoms with E-state index < -0.39 is 0 Å². The number of aromatic nitrogens is 1. The van der Waals surface area contributed by atoms with Crippen molar-refractivity contribution in [2.24, 2.45) is 0 Å². The molecule has 1 heterocycles. The maximum Gasteiger partial charge on any atom is 0.102 e. The summed E-state index contributed by atoms with van der Waals surface area (Å²) in [4.78, 5) is 3.22. The van der Waals surface area contributed by atoms with Gasteiger partial charge in [0.05, 0.1) is 11.3 Å². The Kier molecular flexibility index (Phi) is 3.51. The molecule has 0 saturated carbocycles. The van der Waals surface area contributed by atoms with Crippen LogP contribution in [0.4, 0.5) is 0 Å². The highest BCUT2D eigenvalue weighted by Gasteiger charge is 2.13. The average molecular weight is 293 g/mol. The molecule has 102 valence electrons. The predicted octanol–water partition coefficient (Wildman–Crippen LogP) is 5.18. The highest BCUT2D eigenvalue weighted by molar-refractivity contribution is 6.30. The first-order chi connectivity index (χ1) is 10.2. The topological polar surface area (TPSA) is 39.6 Å². The molecule has 0 fully saturated rings. The van der Waals surface area contributed by atoms with Crippen molar-refractivity contribution in [1.82, 2.24) is 4.98 Å². The van der Waals surface area contributed by atoms with Crippen LogP contribution in [0, 0.1) is 18.3 Å². The lowest BCUT2D eigenvalue weighted by Gasteiger charge is -2.02. The summed E-state index contributed by atoms with van der Waals surface area (Å²) in [6, 6.07) is 17.9. The van der Waals surface area contributed by atoms with E-state index in [0.29, 0.717) is 10.6 Å². The minimum Gasteiger partial charge on any atom is -0.359 e. The first kappa shape index (κ1) is 13.5. The van der Waals surface area contributed by atoms with Crippen molar-refractivity contribution >= 4 is 11.6 Å². The van der Waals surface area contributed by atoms with Gasteiger partial charge in [0, 0.05) is 16.8 Å². The lowest BCUT2D eigenvalue weighted by atomic mass is 10.0. The lowest BCUT2D eigenvalue weighted by Crippen LogP contribution is -1.84. The minimum absolute atomic E-state index is 0.654. The molecule has 21 heavy (non-hydrogen) atoms. The van der Waals surface area contributed by atoms with Gasteiger partial charge in [0.1, 0.15) is 6.07 Å².